The number of hydrogen-bond acceptors (Lipinski definition) is 9. The normalized spacial score (nSPS) is 26.4. The molecule has 4 heterocycles. The average molecular weight is 470 g/mol. The van der Waals surface area contributed by atoms with Crippen LogP contribution in [0.4, 0.5) is 5.82 Å². The Morgan fingerprint density at radius 3 is 2.69 bits per heavy atom. The minimum Gasteiger partial charge on any atom is -0.364 e. The summed E-state index contributed by atoms with van der Waals surface area (Å²) in [7, 11) is 0. The maximum Gasteiger partial charge on any atom is 0.189 e. The molecule has 9 heteroatoms. The minimum absolute atomic E-state index is 0.0115. The Bertz CT molecular complexity index is 1190. The van der Waals surface area contributed by atoms with Crippen LogP contribution < -0.4 is 5.32 Å². The molecule has 1 saturated carbocycles. The molecule has 7 nitrogen and oxygen atoms in total. The predicted octanol–water partition coefficient (Wildman–Crippen LogP) is 4.99. The van der Waals surface area contributed by atoms with Gasteiger partial charge in [-0.2, -0.15) is 0 Å². The first-order valence-electron chi connectivity index (χ1n) is 10.7. The van der Waals surface area contributed by atoms with Crippen LogP contribution in [-0.4, -0.2) is 50.2 Å². The van der Waals surface area contributed by atoms with E-state index < -0.39 is 5.79 Å². The number of aromatic nitrogens is 4. The summed E-state index contributed by atoms with van der Waals surface area (Å²) in [6.45, 7) is 12.0. The van der Waals surface area contributed by atoms with Crippen molar-refractivity contribution in [2.24, 2.45) is 5.92 Å². The van der Waals surface area contributed by atoms with Gasteiger partial charge in [-0.3, -0.25) is 4.98 Å². The second-order valence-electron chi connectivity index (χ2n) is 8.73. The maximum absolute atomic E-state index is 6.28. The molecule has 1 aliphatic heterocycles. The van der Waals surface area contributed by atoms with Crippen molar-refractivity contribution in [1.82, 2.24) is 19.9 Å². The van der Waals surface area contributed by atoms with Crippen LogP contribution in [0.1, 0.15) is 31.7 Å². The molecule has 0 aromatic carbocycles. The fourth-order valence-corrected chi connectivity index (χ4v) is 6.18. The molecule has 1 unspecified atom stereocenters. The number of ether oxygens (including phenoxy) is 2. The molecule has 1 aliphatic carbocycles. The van der Waals surface area contributed by atoms with Crippen LogP contribution in [0.5, 0.6) is 0 Å². The van der Waals surface area contributed by atoms with E-state index in [4.69, 9.17) is 24.4 Å². The van der Waals surface area contributed by atoms with Gasteiger partial charge >= 0.3 is 0 Å². The number of aryl methyl sites for hydroxylation is 2. The molecule has 3 aromatic rings. The lowest BCUT2D eigenvalue weighted by Gasteiger charge is -2.24. The Labute approximate surface area is 196 Å². The number of hydrogen-bond donors (Lipinski definition) is 1. The molecule has 3 aromatic heterocycles. The van der Waals surface area contributed by atoms with Gasteiger partial charge in [0.2, 0.25) is 0 Å². The summed E-state index contributed by atoms with van der Waals surface area (Å²) in [5.74, 6) is 0.402. The maximum atomic E-state index is 6.28. The van der Waals surface area contributed by atoms with Crippen LogP contribution in [0.2, 0.25) is 0 Å². The monoisotopic (exact) mass is 469 g/mol. The van der Waals surface area contributed by atoms with Crippen molar-refractivity contribution in [2.45, 2.75) is 63.3 Å². The minimum atomic E-state index is -0.608. The van der Waals surface area contributed by atoms with E-state index >= 15 is 0 Å². The lowest BCUT2D eigenvalue weighted by Crippen LogP contribution is -2.35. The van der Waals surface area contributed by atoms with Gasteiger partial charge < -0.3 is 14.8 Å². The predicted molar refractivity (Wildman–Crippen MR) is 129 cm³/mol. The average Bonchev–Trinajstić information content (AvgIpc) is 3.39. The zero-order valence-corrected chi connectivity index (χ0v) is 20.5. The highest BCUT2D eigenvalue weighted by Crippen LogP contribution is 2.44. The van der Waals surface area contributed by atoms with Gasteiger partial charge in [0, 0.05) is 12.1 Å². The van der Waals surface area contributed by atoms with E-state index in [9.17, 15) is 0 Å². The third kappa shape index (κ3) is 3.71. The summed E-state index contributed by atoms with van der Waals surface area (Å²) in [6, 6.07) is 2.05. The van der Waals surface area contributed by atoms with Gasteiger partial charge in [0.1, 0.15) is 22.4 Å². The van der Waals surface area contributed by atoms with Crippen LogP contribution in [-0.2, 0) is 9.47 Å². The third-order valence-electron chi connectivity index (χ3n) is 6.09. The molecule has 32 heavy (non-hydrogen) atoms. The molecule has 2 fully saturated rings. The number of fused-ring (bicyclic) bond motifs is 2. The molecule has 2 aliphatic rings. The summed E-state index contributed by atoms with van der Waals surface area (Å²) < 4.78 is 13.6. The van der Waals surface area contributed by atoms with Gasteiger partial charge in [-0.1, -0.05) is 17.8 Å². The van der Waals surface area contributed by atoms with E-state index in [0.717, 1.165) is 49.6 Å². The zero-order valence-electron chi connectivity index (χ0n) is 18.9. The van der Waals surface area contributed by atoms with Crippen LogP contribution in [0.3, 0.4) is 0 Å². The largest absolute Gasteiger partial charge is 0.364 e. The lowest BCUT2D eigenvalue weighted by molar-refractivity contribution is -0.155. The first-order valence-corrected chi connectivity index (χ1v) is 12.7. The van der Waals surface area contributed by atoms with E-state index in [1.54, 1.807) is 11.3 Å². The Kier molecular flexibility index (Phi) is 5.48. The molecule has 1 saturated heterocycles. The highest BCUT2D eigenvalue weighted by Gasteiger charge is 2.53. The topological polar surface area (TPSA) is 82.1 Å². The van der Waals surface area contributed by atoms with Gasteiger partial charge in [0.25, 0.3) is 0 Å². The van der Waals surface area contributed by atoms with E-state index in [1.807, 2.05) is 52.3 Å². The molecular weight excluding hydrogens is 442 g/mol. The molecule has 0 bridgehead atoms. The first kappa shape index (κ1) is 21.8. The van der Waals surface area contributed by atoms with Gasteiger partial charge in [0.15, 0.2) is 10.9 Å². The number of anilines is 1. The van der Waals surface area contributed by atoms with E-state index in [2.05, 4.69) is 16.9 Å². The molecule has 5 rings (SSSR count). The Balaban J connectivity index is 1.57. The van der Waals surface area contributed by atoms with Gasteiger partial charge in [-0.25, -0.2) is 15.0 Å². The molecule has 1 N–H and O–H groups in total. The molecule has 4 atom stereocenters. The van der Waals surface area contributed by atoms with Crippen LogP contribution in [0.25, 0.3) is 20.8 Å². The number of nitrogens with one attached hydrogen (secondary N) is 1. The summed E-state index contributed by atoms with van der Waals surface area (Å²) in [4.78, 5) is 18.9. The smallest absolute Gasteiger partial charge is 0.189 e. The lowest BCUT2D eigenvalue weighted by atomic mass is 10.1. The van der Waals surface area contributed by atoms with E-state index in [-0.39, 0.29) is 24.2 Å². The quantitative estimate of drug-likeness (QED) is 0.318. The van der Waals surface area contributed by atoms with Crippen LogP contribution in [0, 0.1) is 19.8 Å². The van der Waals surface area contributed by atoms with Crippen molar-refractivity contribution in [3.8, 4) is 10.6 Å². The summed E-state index contributed by atoms with van der Waals surface area (Å²) in [5, 5.41) is 5.31. The molecule has 0 amide bonds. The third-order valence-corrected chi connectivity index (χ3v) is 7.67. The summed E-state index contributed by atoms with van der Waals surface area (Å²) in [5.41, 5.74) is 3.68. The number of thioether (sulfide) groups is 1. The van der Waals surface area contributed by atoms with Crippen LogP contribution in [0.15, 0.2) is 30.1 Å². The van der Waals surface area contributed by atoms with Crippen molar-refractivity contribution in [2.75, 3.05) is 11.6 Å². The van der Waals surface area contributed by atoms with Crippen molar-refractivity contribution in [3.63, 3.8) is 0 Å². The van der Waals surface area contributed by atoms with Crippen molar-refractivity contribution in [3.05, 3.63) is 36.3 Å². The zero-order chi connectivity index (χ0) is 22.6. The number of thiazole rings is 1. The van der Waals surface area contributed by atoms with E-state index in [0.29, 0.717) is 0 Å². The summed E-state index contributed by atoms with van der Waals surface area (Å²) >= 11 is 3.17. The number of pyridine rings is 1. The number of nitrogens with zero attached hydrogens (tertiary/aromatic N) is 4. The van der Waals surface area contributed by atoms with Gasteiger partial charge in [0.05, 0.1) is 33.8 Å². The highest BCUT2D eigenvalue weighted by molar-refractivity contribution is 7.98. The Morgan fingerprint density at radius 2 is 1.97 bits per heavy atom. The summed E-state index contributed by atoms with van der Waals surface area (Å²) in [6.07, 6.45) is 6.58. The second-order valence-corrected chi connectivity index (χ2v) is 10.5. The number of rotatable bonds is 5. The van der Waals surface area contributed by atoms with Crippen molar-refractivity contribution in [1.29, 1.82) is 0 Å². The second kappa shape index (κ2) is 8.06. The molecule has 0 spiro atoms. The van der Waals surface area contributed by atoms with Gasteiger partial charge in [-0.15, -0.1) is 17.9 Å². The Hall–Kier alpha value is -2.07. The molecule has 0 radical (unpaired) electrons. The van der Waals surface area contributed by atoms with Crippen molar-refractivity contribution < 1.29 is 9.47 Å². The first-order chi connectivity index (χ1) is 15.3. The molecular formula is C23H27N5O2S2. The SMILES string of the molecule is C=C[C@H]1CC(Nc2nc(SC)nc(C)c2-c2nc3c(C)nccc3s2)[C@@H]2OC(C)(C)O[C@H]12. The fraction of sp³-hybridized carbons (Fsp3) is 0.478. The fourth-order valence-electron chi connectivity index (χ4n) is 4.66. The van der Waals surface area contributed by atoms with Gasteiger partial charge in [-0.05, 0) is 46.4 Å². The Morgan fingerprint density at radius 1 is 1.19 bits per heavy atom. The molecule has 168 valence electrons. The van der Waals surface area contributed by atoms with E-state index in [1.165, 1.54) is 11.8 Å². The van der Waals surface area contributed by atoms with Crippen LogP contribution >= 0.6 is 23.1 Å². The standard InChI is InChI=1S/C23H27N5O2S2/c1-7-13-10-14(19-18(13)29-23(4,5)30-19)26-20-16(11(2)25-22(28-20)31-6)21-27-17-12(3)24-9-8-15(17)32-21/h7-9,13-14,18-19H,1,10H2,2-6H3,(H,25,26,28)/t13-,14?,18+,19-/m0/s1. The highest BCUT2D eigenvalue weighted by atomic mass is 32.2. The van der Waals surface area contributed by atoms with Crippen molar-refractivity contribution >= 4 is 39.1 Å².